The molecule has 0 saturated carbocycles. The van der Waals surface area contributed by atoms with Gasteiger partial charge in [-0.2, -0.15) is 0 Å². The van der Waals surface area contributed by atoms with Crippen molar-refractivity contribution in [2.24, 2.45) is 5.92 Å². The first-order valence-electron chi connectivity index (χ1n) is 5.18. The van der Waals surface area contributed by atoms with E-state index in [1.165, 1.54) is 4.88 Å². The first-order chi connectivity index (χ1) is 7.54. The highest BCUT2D eigenvalue weighted by atomic mass is 79.9. The van der Waals surface area contributed by atoms with Crippen LogP contribution in [0.3, 0.4) is 0 Å². The van der Waals surface area contributed by atoms with Gasteiger partial charge < -0.3 is 10.2 Å². The minimum absolute atomic E-state index is 0.0263. The smallest absolute Gasteiger partial charge is 0.226 e. The summed E-state index contributed by atoms with van der Waals surface area (Å²) in [4.78, 5) is 14.9. The molecule has 90 valence electrons. The van der Waals surface area contributed by atoms with Crippen LogP contribution in [-0.2, 0) is 11.3 Å². The van der Waals surface area contributed by atoms with Gasteiger partial charge in [-0.1, -0.05) is 6.92 Å². The van der Waals surface area contributed by atoms with Crippen LogP contribution in [0.25, 0.3) is 0 Å². The molecule has 0 aliphatic carbocycles. The number of rotatable bonds is 5. The highest BCUT2D eigenvalue weighted by molar-refractivity contribution is 9.11. The first kappa shape index (κ1) is 13.7. The highest BCUT2D eigenvalue weighted by Crippen LogP contribution is 2.23. The Morgan fingerprint density at radius 1 is 1.62 bits per heavy atom. The summed E-state index contributed by atoms with van der Waals surface area (Å²) in [6.07, 6.45) is 0. The summed E-state index contributed by atoms with van der Waals surface area (Å²) in [5.41, 5.74) is 0. The van der Waals surface area contributed by atoms with Gasteiger partial charge in [-0.15, -0.1) is 11.3 Å². The van der Waals surface area contributed by atoms with E-state index >= 15 is 0 Å². The maximum Gasteiger partial charge on any atom is 0.226 e. The van der Waals surface area contributed by atoms with E-state index in [1.54, 1.807) is 16.2 Å². The van der Waals surface area contributed by atoms with Gasteiger partial charge in [0.2, 0.25) is 5.91 Å². The van der Waals surface area contributed by atoms with Crippen molar-refractivity contribution >= 4 is 33.2 Å². The van der Waals surface area contributed by atoms with Crippen LogP contribution in [0, 0.1) is 5.92 Å². The molecule has 0 spiro atoms. The minimum Gasteiger partial charge on any atom is -0.340 e. The van der Waals surface area contributed by atoms with Crippen molar-refractivity contribution in [2.45, 2.75) is 13.5 Å². The van der Waals surface area contributed by atoms with Gasteiger partial charge >= 0.3 is 0 Å². The number of hydrogen-bond donors (Lipinski definition) is 1. The molecule has 0 aromatic carbocycles. The molecule has 0 aliphatic heterocycles. The van der Waals surface area contributed by atoms with E-state index in [2.05, 4.69) is 21.2 Å². The normalized spacial score (nSPS) is 12.5. The average Bonchev–Trinajstić information content (AvgIpc) is 2.63. The molecule has 3 nitrogen and oxygen atoms in total. The van der Waals surface area contributed by atoms with Gasteiger partial charge in [0.1, 0.15) is 0 Å². The molecule has 1 unspecified atom stereocenters. The van der Waals surface area contributed by atoms with Crippen LogP contribution in [0.15, 0.2) is 15.9 Å². The van der Waals surface area contributed by atoms with Gasteiger partial charge in [0.25, 0.3) is 0 Å². The quantitative estimate of drug-likeness (QED) is 0.905. The molecule has 1 amide bonds. The van der Waals surface area contributed by atoms with Crippen LogP contribution >= 0.6 is 27.3 Å². The topological polar surface area (TPSA) is 32.3 Å². The summed E-state index contributed by atoms with van der Waals surface area (Å²) < 4.78 is 1.10. The maximum atomic E-state index is 11.9. The molecule has 0 fully saturated rings. The third-order valence-corrected chi connectivity index (χ3v) is 3.94. The van der Waals surface area contributed by atoms with E-state index in [1.807, 2.05) is 33.2 Å². The Bertz CT molecular complexity index is 354. The lowest BCUT2D eigenvalue weighted by Gasteiger charge is -2.20. The molecule has 1 aromatic heterocycles. The standard InChI is InChI=1S/C11H17BrN2OS/c1-8(6-13-2)11(15)14(3)7-9-4-5-10(12)16-9/h4-5,8,13H,6-7H2,1-3H3. The number of carbonyl (C=O) groups excluding carboxylic acids is 1. The highest BCUT2D eigenvalue weighted by Gasteiger charge is 2.17. The summed E-state index contributed by atoms with van der Waals surface area (Å²) in [5.74, 6) is 0.206. The Labute approximate surface area is 109 Å². The monoisotopic (exact) mass is 304 g/mol. The summed E-state index contributed by atoms with van der Waals surface area (Å²) >= 11 is 5.08. The Hall–Kier alpha value is -0.390. The molecule has 16 heavy (non-hydrogen) atoms. The van der Waals surface area contributed by atoms with E-state index in [4.69, 9.17) is 0 Å². The Morgan fingerprint density at radius 2 is 2.31 bits per heavy atom. The summed E-state index contributed by atoms with van der Waals surface area (Å²) in [6.45, 7) is 3.35. The van der Waals surface area contributed by atoms with Crippen LogP contribution in [-0.4, -0.2) is 31.4 Å². The van der Waals surface area contributed by atoms with Crippen LogP contribution in [0.2, 0.25) is 0 Å². The molecule has 0 radical (unpaired) electrons. The van der Waals surface area contributed by atoms with Crippen LogP contribution in [0.4, 0.5) is 0 Å². The number of hydrogen-bond acceptors (Lipinski definition) is 3. The van der Waals surface area contributed by atoms with Gasteiger partial charge in [-0.05, 0) is 35.1 Å². The Kier molecular flexibility index (Phi) is 5.44. The second-order valence-corrected chi connectivity index (χ2v) is 6.41. The van der Waals surface area contributed by atoms with Crippen molar-refractivity contribution in [3.8, 4) is 0 Å². The number of amides is 1. The summed E-state index contributed by atoms with van der Waals surface area (Å²) in [6, 6.07) is 4.05. The predicted molar refractivity (Wildman–Crippen MR) is 71.6 cm³/mol. The lowest BCUT2D eigenvalue weighted by Crippen LogP contribution is -2.35. The van der Waals surface area contributed by atoms with E-state index < -0.39 is 0 Å². The second kappa shape index (κ2) is 6.37. The molecule has 1 heterocycles. The van der Waals surface area contributed by atoms with Gasteiger partial charge in [-0.3, -0.25) is 4.79 Å². The molecule has 1 atom stereocenters. The third kappa shape index (κ3) is 3.88. The van der Waals surface area contributed by atoms with Gasteiger partial charge in [-0.25, -0.2) is 0 Å². The van der Waals surface area contributed by atoms with Crippen molar-refractivity contribution in [1.82, 2.24) is 10.2 Å². The van der Waals surface area contributed by atoms with E-state index in [0.717, 1.165) is 10.3 Å². The number of carbonyl (C=O) groups is 1. The van der Waals surface area contributed by atoms with E-state index in [-0.39, 0.29) is 11.8 Å². The van der Waals surface area contributed by atoms with Crippen molar-refractivity contribution in [3.05, 3.63) is 20.8 Å². The van der Waals surface area contributed by atoms with Gasteiger partial charge in [0.15, 0.2) is 0 Å². The molecule has 1 N–H and O–H groups in total. The molecule has 5 heteroatoms. The molecular weight excluding hydrogens is 288 g/mol. The molecule has 0 aliphatic rings. The van der Waals surface area contributed by atoms with E-state index in [0.29, 0.717) is 6.54 Å². The molecule has 0 saturated heterocycles. The zero-order chi connectivity index (χ0) is 12.1. The third-order valence-electron chi connectivity index (χ3n) is 2.33. The van der Waals surface area contributed by atoms with Gasteiger partial charge in [0.05, 0.1) is 10.3 Å². The number of thiophene rings is 1. The SMILES string of the molecule is CNCC(C)C(=O)N(C)Cc1ccc(Br)s1. The Balaban J connectivity index is 2.51. The van der Waals surface area contributed by atoms with Crippen molar-refractivity contribution in [1.29, 1.82) is 0 Å². The fraction of sp³-hybridized carbons (Fsp3) is 0.545. The molecular formula is C11H17BrN2OS. The molecule has 1 aromatic rings. The van der Waals surface area contributed by atoms with Crippen LogP contribution in [0.5, 0.6) is 0 Å². The van der Waals surface area contributed by atoms with Crippen LogP contribution < -0.4 is 5.32 Å². The zero-order valence-corrected chi connectivity index (χ0v) is 12.2. The summed E-state index contributed by atoms with van der Waals surface area (Å²) in [7, 11) is 3.71. The fourth-order valence-corrected chi connectivity index (χ4v) is 3.05. The maximum absolute atomic E-state index is 11.9. The number of nitrogens with one attached hydrogen (secondary N) is 1. The predicted octanol–water partition coefficient (Wildman–Crippen LogP) is 2.32. The van der Waals surface area contributed by atoms with Crippen LogP contribution in [0.1, 0.15) is 11.8 Å². The lowest BCUT2D eigenvalue weighted by molar-refractivity contribution is -0.134. The minimum atomic E-state index is 0.0263. The average molecular weight is 305 g/mol. The Morgan fingerprint density at radius 3 is 2.81 bits per heavy atom. The first-order valence-corrected chi connectivity index (χ1v) is 6.79. The zero-order valence-electron chi connectivity index (χ0n) is 9.79. The second-order valence-electron chi connectivity index (χ2n) is 3.86. The largest absolute Gasteiger partial charge is 0.340 e. The van der Waals surface area contributed by atoms with E-state index in [9.17, 15) is 4.79 Å². The number of nitrogens with zero attached hydrogens (tertiary/aromatic N) is 1. The van der Waals surface area contributed by atoms with Crippen molar-refractivity contribution in [3.63, 3.8) is 0 Å². The van der Waals surface area contributed by atoms with Gasteiger partial charge in [0, 0.05) is 24.4 Å². The fourth-order valence-electron chi connectivity index (χ4n) is 1.52. The van der Waals surface area contributed by atoms with Crippen molar-refractivity contribution < 1.29 is 4.79 Å². The molecule has 0 bridgehead atoms. The van der Waals surface area contributed by atoms with Crippen molar-refractivity contribution in [2.75, 3.05) is 20.6 Å². The summed E-state index contributed by atoms with van der Waals surface area (Å²) in [5, 5.41) is 3.02. The molecule has 1 rings (SSSR count). The number of halogens is 1. The lowest BCUT2D eigenvalue weighted by atomic mass is 10.1.